The highest BCUT2D eigenvalue weighted by molar-refractivity contribution is 9.10. The number of amides is 1. The molecular weight excluding hydrogens is 432 g/mol. The van der Waals surface area contributed by atoms with Gasteiger partial charge in [-0.3, -0.25) is 4.79 Å². The average molecular weight is 451 g/mol. The van der Waals surface area contributed by atoms with Crippen LogP contribution in [0.3, 0.4) is 0 Å². The fraction of sp³-hybridized carbons (Fsp3) is 0.143. The highest BCUT2D eigenvalue weighted by Gasteiger charge is 2.17. The van der Waals surface area contributed by atoms with Gasteiger partial charge in [0.1, 0.15) is 4.47 Å². The Morgan fingerprint density at radius 1 is 1.03 bits per heavy atom. The number of aryl methyl sites for hydroxylation is 3. The molecule has 0 unspecified atom stereocenters. The molecule has 8 heteroatoms. The number of halogens is 1. The molecule has 0 aliphatic carbocycles. The largest absolute Gasteiger partial charge is 0.363 e. The molecule has 0 aliphatic rings. The highest BCUT2D eigenvalue weighted by atomic mass is 79.9. The van der Waals surface area contributed by atoms with Crippen LogP contribution in [-0.4, -0.2) is 15.9 Å². The number of anilines is 4. The lowest BCUT2D eigenvalue weighted by molar-refractivity contribution is 0.0990. The molecule has 0 fully saturated rings. The van der Waals surface area contributed by atoms with Crippen molar-refractivity contribution in [3.63, 3.8) is 0 Å². The molecule has 7 nitrogen and oxygen atoms in total. The lowest BCUT2D eigenvalue weighted by Gasteiger charge is -2.17. The fourth-order valence-electron chi connectivity index (χ4n) is 2.98. The minimum atomic E-state index is -0.735. The summed E-state index contributed by atoms with van der Waals surface area (Å²) in [4.78, 5) is 20.3. The maximum atomic E-state index is 11.8. The summed E-state index contributed by atoms with van der Waals surface area (Å²) in [7, 11) is 0. The lowest BCUT2D eigenvalue weighted by Crippen LogP contribution is -2.17. The van der Waals surface area contributed by atoms with Gasteiger partial charge in [0, 0.05) is 11.4 Å². The molecule has 0 saturated heterocycles. The molecule has 0 saturated carbocycles. The van der Waals surface area contributed by atoms with E-state index in [4.69, 9.17) is 11.0 Å². The predicted octanol–water partition coefficient (Wildman–Crippen LogP) is 4.62. The maximum absolute atomic E-state index is 11.8. The molecule has 2 aromatic carbocycles. The van der Waals surface area contributed by atoms with Gasteiger partial charge in [-0.05, 0) is 72.1 Å². The molecular formula is C21H19BrN6O. The summed E-state index contributed by atoms with van der Waals surface area (Å²) in [6.45, 7) is 6.04. The zero-order chi connectivity index (χ0) is 21.1. The Hall–Kier alpha value is -3.44. The molecule has 1 aromatic heterocycles. The second kappa shape index (κ2) is 8.29. The van der Waals surface area contributed by atoms with E-state index in [-0.39, 0.29) is 5.82 Å². The normalized spacial score (nSPS) is 10.3. The number of nitrogens with zero attached hydrogens (tertiary/aromatic N) is 3. The van der Waals surface area contributed by atoms with Crippen molar-refractivity contribution in [1.29, 1.82) is 5.26 Å². The molecule has 1 heterocycles. The van der Waals surface area contributed by atoms with E-state index in [0.29, 0.717) is 27.4 Å². The van der Waals surface area contributed by atoms with Crippen LogP contribution < -0.4 is 16.4 Å². The Morgan fingerprint density at radius 3 is 2.10 bits per heavy atom. The maximum Gasteiger partial charge on any atom is 0.286 e. The number of benzene rings is 2. The van der Waals surface area contributed by atoms with Gasteiger partial charge in [-0.2, -0.15) is 5.26 Å². The van der Waals surface area contributed by atoms with Gasteiger partial charge >= 0.3 is 0 Å². The van der Waals surface area contributed by atoms with Crippen molar-refractivity contribution in [2.24, 2.45) is 5.73 Å². The van der Waals surface area contributed by atoms with E-state index in [9.17, 15) is 4.79 Å². The first-order chi connectivity index (χ1) is 13.8. The number of carbonyl (C=O) groups excluding carboxylic acids is 1. The summed E-state index contributed by atoms with van der Waals surface area (Å²) in [5, 5.41) is 15.4. The van der Waals surface area contributed by atoms with Gasteiger partial charge in [0.05, 0.1) is 11.6 Å². The summed E-state index contributed by atoms with van der Waals surface area (Å²) in [5.41, 5.74) is 10.8. The second-order valence-electron chi connectivity index (χ2n) is 6.64. The van der Waals surface area contributed by atoms with Crippen molar-refractivity contribution in [2.45, 2.75) is 20.8 Å². The third-order valence-electron chi connectivity index (χ3n) is 4.27. The van der Waals surface area contributed by atoms with Crippen LogP contribution in [-0.2, 0) is 0 Å². The number of hydrogen-bond acceptors (Lipinski definition) is 6. The van der Waals surface area contributed by atoms with Gasteiger partial charge < -0.3 is 16.4 Å². The van der Waals surface area contributed by atoms with Crippen molar-refractivity contribution in [3.8, 4) is 6.07 Å². The zero-order valence-corrected chi connectivity index (χ0v) is 17.8. The third kappa shape index (κ3) is 4.52. The lowest BCUT2D eigenvalue weighted by atomic mass is 10.1. The Bertz CT molecular complexity index is 1110. The van der Waals surface area contributed by atoms with E-state index in [2.05, 4.69) is 54.7 Å². The van der Waals surface area contributed by atoms with E-state index < -0.39 is 5.91 Å². The van der Waals surface area contributed by atoms with Gasteiger partial charge in [0.25, 0.3) is 5.91 Å². The van der Waals surface area contributed by atoms with Gasteiger partial charge in [-0.1, -0.05) is 17.7 Å². The summed E-state index contributed by atoms with van der Waals surface area (Å²) in [5.74, 6) is -0.0570. The van der Waals surface area contributed by atoms with Crippen LogP contribution in [0.15, 0.2) is 40.9 Å². The molecule has 29 heavy (non-hydrogen) atoms. The highest BCUT2D eigenvalue weighted by Crippen LogP contribution is 2.34. The number of aromatic nitrogens is 2. The molecule has 146 valence electrons. The SMILES string of the molecule is Cc1cc(C)c(Nc2nc(C(N)=O)nc(Nc3ccc(C#N)cc3)c2Br)c(C)c1. The van der Waals surface area contributed by atoms with E-state index >= 15 is 0 Å². The van der Waals surface area contributed by atoms with E-state index in [1.807, 2.05) is 20.8 Å². The van der Waals surface area contributed by atoms with Crippen LogP contribution >= 0.6 is 15.9 Å². The predicted molar refractivity (Wildman–Crippen MR) is 117 cm³/mol. The van der Waals surface area contributed by atoms with Gasteiger partial charge in [-0.25, -0.2) is 9.97 Å². The number of nitrogens with two attached hydrogens (primary N) is 1. The van der Waals surface area contributed by atoms with Crippen molar-refractivity contribution in [1.82, 2.24) is 9.97 Å². The molecule has 0 bridgehead atoms. The van der Waals surface area contributed by atoms with Gasteiger partial charge in [-0.15, -0.1) is 0 Å². The van der Waals surface area contributed by atoms with Crippen LogP contribution in [0.5, 0.6) is 0 Å². The van der Waals surface area contributed by atoms with Crippen LogP contribution in [0.2, 0.25) is 0 Å². The molecule has 3 aromatic rings. The molecule has 1 amide bonds. The quantitative estimate of drug-likeness (QED) is 0.521. The van der Waals surface area contributed by atoms with E-state index in [1.54, 1.807) is 24.3 Å². The van der Waals surface area contributed by atoms with Crippen LogP contribution in [0.25, 0.3) is 0 Å². The zero-order valence-electron chi connectivity index (χ0n) is 16.2. The summed E-state index contributed by atoms with van der Waals surface area (Å²) < 4.78 is 0.547. The van der Waals surface area contributed by atoms with Gasteiger partial charge in [0.15, 0.2) is 11.6 Å². The van der Waals surface area contributed by atoms with Crippen molar-refractivity contribution in [2.75, 3.05) is 10.6 Å². The molecule has 4 N–H and O–H groups in total. The molecule has 0 aliphatic heterocycles. The van der Waals surface area contributed by atoms with E-state index in [1.165, 1.54) is 0 Å². The number of hydrogen-bond donors (Lipinski definition) is 3. The van der Waals surface area contributed by atoms with Crippen LogP contribution in [0, 0.1) is 32.1 Å². The number of primary amides is 1. The molecule has 0 spiro atoms. The molecule has 0 atom stereocenters. The third-order valence-corrected chi connectivity index (χ3v) is 5.02. The number of nitrogens with one attached hydrogen (secondary N) is 2. The summed E-state index contributed by atoms with van der Waals surface area (Å²) in [6.07, 6.45) is 0. The van der Waals surface area contributed by atoms with Crippen LogP contribution in [0.1, 0.15) is 32.9 Å². The Balaban J connectivity index is 2.03. The standard InChI is InChI=1S/C21H19BrN6O/c1-11-8-12(2)17(13(3)9-11)26-20-16(22)19(27-21(28-20)18(24)29)25-15-6-4-14(10-23)5-7-15/h4-9H,1-3H3,(H2,24,29)(H2,25,26,27,28). The number of nitriles is 1. The monoisotopic (exact) mass is 450 g/mol. The average Bonchev–Trinajstić information content (AvgIpc) is 2.67. The number of rotatable bonds is 5. The minimum absolute atomic E-state index is 0.116. The van der Waals surface area contributed by atoms with E-state index in [0.717, 1.165) is 22.4 Å². The summed E-state index contributed by atoms with van der Waals surface area (Å²) in [6, 6.07) is 13.1. The Labute approximate surface area is 177 Å². The second-order valence-corrected chi connectivity index (χ2v) is 7.43. The Morgan fingerprint density at radius 2 is 1.59 bits per heavy atom. The molecule has 0 radical (unpaired) electrons. The minimum Gasteiger partial charge on any atom is -0.363 e. The molecule has 3 rings (SSSR count). The number of carbonyl (C=O) groups is 1. The van der Waals surface area contributed by atoms with Gasteiger partial charge in [0.2, 0.25) is 5.82 Å². The smallest absolute Gasteiger partial charge is 0.286 e. The topological polar surface area (TPSA) is 117 Å². The van der Waals surface area contributed by atoms with Crippen molar-refractivity contribution < 1.29 is 4.79 Å². The Kier molecular flexibility index (Phi) is 5.80. The van der Waals surface area contributed by atoms with Crippen LogP contribution in [0.4, 0.5) is 23.0 Å². The first-order valence-electron chi connectivity index (χ1n) is 8.78. The first kappa shape index (κ1) is 20.3. The van der Waals surface area contributed by atoms with Crippen molar-refractivity contribution >= 4 is 44.8 Å². The summed E-state index contributed by atoms with van der Waals surface area (Å²) >= 11 is 3.52. The van der Waals surface area contributed by atoms with Crippen molar-refractivity contribution in [3.05, 3.63) is 68.9 Å². The fourth-order valence-corrected chi connectivity index (χ4v) is 3.36. The first-order valence-corrected chi connectivity index (χ1v) is 9.57.